The average Bonchev–Trinajstić information content (AvgIpc) is 2.92. The largest absolute Gasteiger partial charge is 0.342 e. The number of rotatable bonds is 5. The minimum atomic E-state index is 0.0516. The van der Waals surface area contributed by atoms with Gasteiger partial charge in [-0.15, -0.1) is 0 Å². The molecule has 2 fully saturated rings. The van der Waals surface area contributed by atoms with Crippen molar-refractivity contribution in [1.29, 1.82) is 0 Å². The topological polar surface area (TPSA) is 40.6 Å². The number of fused-ring (bicyclic) bond motifs is 1. The van der Waals surface area contributed by atoms with Gasteiger partial charge in [0.25, 0.3) is 5.91 Å². The lowest BCUT2D eigenvalue weighted by Crippen LogP contribution is -2.46. The third kappa shape index (κ3) is 5.42. The molecule has 2 aliphatic heterocycles. The van der Waals surface area contributed by atoms with Crippen molar-refractivity contribution in [2.45, 2.75) is 45.4 Å². The first-order chi connectivity index (χ1) is 17.1. The molecule has 3 aromatic rings. The summed E-state index contributed by atoms with van der Waals surface area (Å²) in [4.78, 5) is 30.5. The van der Waals surface area contributed by atoms with Gasteiger partial charge in [-0.3, -0.25) is 9.59 Å². The molecular weight excluding hydrogens is 432 g/mol. The van der Waals surface area contributed by atoms with Crippen LogP contribution in [0.4, 0.5) is 0 Å². The van der Waals surface area contributed by atoms with E-state index in [1.54, 1.807) is 0 Å². The summed E-state index contributed by atoms with van der Waals surface area (Å²) in [5.41, 5.74) is 3.49. The van der Waals surface area contributed by atoms with Gasteiger partial charge in [-0.2, -0.15) is 0 Å². The molecule has 2 heterocycles. The van der Waals surface area contributed by atoms with Crippen molar-refractivity contribution < 1.29 is 9.59 Å². The van der Waals surface area contributed by atoms with Crippen LogP contribution in [0.15, 0.2) is 66.7 Å². The van der Waals surface area contributed by atoms with E-state index >= 15 is 0 Å². The van der Waals surface area contributed by atoms with Gasteiger partial charge in [-0.25, -0.2) is 0 Å². The first kappa shape index (κ1) is 23.6. The van der Waals surface area contributed by atoms with E-state index in [0.29, 0.717) is 24.9 Å². The summed E-state index contributed by atoms with van der Waals surface area (Å²) in [6.45, 7) is 5.21. The molecule has 2 aliphatic rings. The highest BCUT2D eigenvalue weighted by atomic mass is 16.2. The van der Waals surface area contributed by atoms with Crippen LogP contribution < -0.4 is 0 Å². The Bertz CT molecular complexity index is 1160. The van der Waals surface area contributed by atoms with Crippen LogP contribution in [0.5, 0.6) is 0 Å². The number of benzene rings is 3. The lowest BCUT2D eigenvalue weighted by atomic mass is 9.88. The Balaban J connectivity index is 1.09. The summed E-state index contributed by atoms with van der Waals surface area (Å²) in [5.74, 6) is 1.15. The Morgan fingerprint density at radius 2 is 1.43 bits per heavy atom. The second kappa shape index (κ2) is 10.6. The van der Waals surface area contributed by atoms with Crippen LogP contribution in [0.2, 0.25) is 0 Å². The maximum atomic E-state index is 13.2. The van der Waals surface area contributed by atoms with Crippen molar-refractivity contribution in [2.75, 3.05) is 26.2 Å². The van der Waals surface area contributed by atoms with E-state index in [1.165, 1.54) is 17.5 Å². The SMILES string of the molecule is Cc1ccc(CCC2CCN(C(=O)C3CCN(C(=O)c4cccc5ccccc45)CC3)CC2)cc1. The van der Waals surface area contributed by atoms with Gasteiger partial charge in [0.15, 0.2) is 0 Å². The molecule has 182 valence electrons. The summed E-state index contributed by atoms with van der Waals surface area (Å²) in [7, 11) is 0. The standard InChI is InChI=1S/C31H36N2O2/c1-23-9-11-24(12-10-23)13-14-25-15-19-32(20-16-25)30(34)27-17-21-33(22-18-27)31(35)29-8-4-6-26-5-2-3-7-28(26)29/h2-12,25,27H,13-22H2,1H3. The maximum absolute atomic E-state index is 13.2. The number of hydrogen-bond donors (Lipinski definition) is 0. The Labute approximate surface area is 208 Å². The number of aryl methyl sites for hydroxylation is 2. The van der Waals surface area contributed by atoms with E-state index in [2.05, 4.69) is 36.1 Å². The van der Waals surface area contributed by atoms with Crippen molar-refractivity contribution >= 4 is 22.6 Å². The molecular formula is C31H36N2O2. The lowest BCUT2D eigenvalue weighted by Gasteiger charge is -2.37. The minimum absolute atomic E-state index is 0.0516. The quantitative estimate of drug-likeness (QED) is 0.470. The Morgan fingerprint density at radius 1 is 0.771 bits per heavy atom. The van der Waals surface area contributed by atoms with Crippen molar-refractivity contribution in [3.8, 4) is 0 Å². The summed E-state index contributed by atoms with van der Waals surface area (Å²) >= 11 is 0. The van der Waals surface area contributed by atoms with Gasteiger partial charge in [0, 0.05) is 37.7 Å². The van der Waals surface area contributed by atoms with E-state index in [4.69, 9.17) is 0 Å². The molecule has 0 saturated carbocycles. The number of piperidine rings is 2. The van der Waals surface area contributed by atoms with Crippen molar-refractivity contribution in [3.05, 3.63) is 83.4 Å². The molecule has 0 radical (unpaired) electrons. The molecule has 0 bridgehead atoms. The number of carbonyl (C=O) groups is 2. The Hall–Kier alpha value is -3.14. The zero-order chi connectivity index (χ0) is 24.2. The van der Waals surface area contributed by atoms with Crippen LogP contribution in [-0.2, 0) is 11.2 Å². The third-order valence-corrected chi connectivity index (χ3v) is 8.04. The average molecular weight is 469 g/mol. The van der Waals surface area contributed by atoms with Gasteiger partial charge >= 0.3 is 0 Å². The zero-order valence-electron chi connectivity index (χ0n) is 20.8. The lowest BCUT2D eigenvalue weighted by molar-refractivity contribution is -0.138. The summed E-state index contributed by atoms with van der Waals surface area (Å²) in [6.07, 6.45) is 6.08. The highest BCUT2D eigenvalue weighted by molar-refractivity contribution is 6.07. The molecule has 0 aromatic heterocycles. The van der Waals surface area contributed by atoms with Gasteiger partial charge in [-0.05, 0) is 73.8 Å². The molecule has 35 heavy (non-hydrogen) atoms. The first-order valence-corrected chi connectivity index (χ1v) is 13.2. The molecule has 5 rings (SSSR count). The molecule has 2 amide bonds. The summed E-state index contributed by atoms with van der Waals surface area (Å²) in [6, 6.07) is 22.8. The highest BCUT2D eigenvalue weighted by Crippen LogP contribution is 2.28. The van der Waals surface area contributed by atoms with Crippen LogP contribution in [0.1, 0.15) is 53.6 Å². The third-order valence-electron chi connectivity index (χ3n) is 8.04. The summed E-state index contributed by atoms with van der Waals surface area (Å²) < 4.78 is 0. The molecule has 4 heteroatoms. The second-order valence-electron chi connectivity index (χ2n) is 10.4. The van der Waals surface area contributed by atoms with Crippen LogP contribution in [0, 0.1) is 18.8 Å². The molecule has 0 spiro atoms. The Morgan fingerprint density at radius 3 is 2.17 bits per heavy atom. The molecule has 0 N–H and O–H groups in total. The zero-order valence-corrected chi connectivity index (χ0v) is 20.8. The van der Waals surface area contributed by atoms with Crippen LogP contribution in [0.25, 0.3) is 10.8 Å². The predicted octanol–water partition coefficient (Wildman–Crippen LogP) is 5.87. The van der Waals surface area contributed by atoms with Crippen LogP contribution in [-0.4, -0.2) is 47.8 Å². The number of hydrogen-bond acceptors (Lipinski definition) is 2. The van der Waals surface area contributed by atoms with E-state index < -0.39 is 0 Å². The normalized spacial score (nSPS) is 17.6. The number of nitrogens with zero attached hydrogens (tertiary/aromatic N) is 2. The Kier molecular flexibility index (Phi) is 7.17. The number of carbonyl (C=O) groups excluding carboxylic acids is 2. The van der Waals surface area contributed by atoms with Crippen molar-refractivity contribution in [3.63, 3.8) is 0 Å². The van der Waals surface area contributed by atoms with Gasteiger partial charge in [-0.1, -0.05) is 66.2 Å². The van der Waals surface area contributed by atoms with E-state index in [9.17, 15) is 9.59 Å². The molecule has 4 nitrogen and oxygen atoms in total. The molecule has 3 aromatic carbocycles. The molecule has 0 aliphatic carbocycles. The fraction of sp³-hybridized carbons (Fsp3) is 0.419. The highest BCUT2D eigenvalue weighted by Gasteiger charge is 2.32. The fourth-order valence-electron chi connectivity index (χ4n) is 5.74. The van der Waals surface area contributed by atoms with Crippen molar-refractivity contribution in [2.24, 2.45) is 11.8 Å². The van der Waals surface area contributed by atoms with Gasteiger partial charge in [0.1, 0.15) is 0 Å². The minimum Gasteiger partial charge on any atom is -0.342 e. The van der Waals surface area contributed by atoms with Crippen molar-refractivity contribution in [1.82, 2.24) is 9.80 Å². The fourth-order valence-corrected chi connectivity index (χ4v) is 5.74. The van der Waals surface area contributed by atoms with Gasteiger partial charge < -0.3 is 9.80 Å². The van der Waals surface area contributed by atoms with Gasteiger partial charge in [0.2, 0.25) is 5.91 Å². The second-order valence-corrected chi connectivity index (χ2v) is 10.4. The van der Waals surface area contributed by atoms with Crippen LogP contribution in [0.3, 0.4) is 0 Å². The molecule has 0 atom stereocenters. The molecule has 0 unspecified atom stereocenters. The smallest absolute Gasteiger partial charge is 0.254 e. The number of amides is 2. The first-order valence-electron chi connectivity index (χ1n) is 13.2. The predicted molar refractivity (Wildman–Crippen MR) is 141 cm³/mol. The summed E-state index contributed by atoms with van der Waals surface area (Å²) in [5, 5.41) is 2.09. The van der Waals surface area contributed by atoms with E-state index in [1.807, 2.05) is 47.4 Å². The van der Waals surface area contributed by atoms with Crippen LogP contribution >= 0.6 is 0 Å². The number of likely N-dealkylation sites (tertiary alicyclic amines) is 2. The van der Waals surface area contributed by atoms with E-state index in [0.717, 1.165) is 61.5 Å². The molecule has 2 saturated heterocycles. The van der Waals surface area contributed by atoms with Gasteiger partial charge in [0.05, 0.1) is 0 Å². The maximum Gasteiger partial charge on any atom is 0.254 e. The monoisotopic (exact) mass is 468 g/mol. The van der Waals surface area contributed by atoms with E-state index in [-0.39, 0.29) is 11.8 Å².